The lowest BCUT2D eigenvalue weighted by molar-refractivity contribution is -0.129. The lowest BCUT2D eigenvalue weighted by atomic mass is 10.0. The fourth-order valence-corrected chi connectivity index (χ4v) is 3.58. The third kappa shape index (κ3) is 6.12. The van der Waals surface area contributed by atoms with Gasteiger partial charge in [-0.15, -0.1) is 0 Å². The van der Waals surface area contributed by atoms with Gasteiger partial charge >= 0.3 is 5.97 Å². The van der Waals surface area contributed by atoms with Gasteiger partial charge in [0.1, 0.15) is 0 Å². The number of hydrogen-bond acceptors (Lipinski definition) is 4. The SMILES string of the molecule is CC(=O)N(CCCCOCc1cccc(C)c1C(=O)O)Cc1ccc2ccccc2n1. The van der Waals surface area contributed by atoms with Gasteiger partial charge < -0.3 is 14.7 Å². The van der Waals surface area contributed by atoms with Crippen molar-refractivity contribution in [2.75, 3.05) is 13.2 Å². The Morgan fingerprint density at radius 3 is 2.61 bits per heavy atom. The summed E-state index contributed by atoms with van der Waals surface area (Å²) < 4.78 is 5.70. The number of carbonyl (C=O) groups is 2. The van der Waals surface area contributed by atoms with E-state index >= 15 is 0 Å². The van der Waals surface area contributed by atoms with E-state index in [0.717, 1.165) is 35.0 Å². The topological polar surface area (TPSA) is 79.7 Å². The Hall–Kier alpha value is -3.25. The fraction of sp³-hybridized carbons (Fsp3) is 0.320. The molecule has 0 atom stereocenters. The minimum atomic E-state index is -0.934. The second kappa shape index (κ2) is 10.7. The third-order valence-electron chi connectivity index (χ3n) is 5.25. The van der Waals surface area contributed by atoms with E-state index in [1.54, 1.807) is 30.9 Å². The first kappa shape index (κ1) is 22.4. The van der Waals surface area contributed by atoms with Crippen molar-refractivity contribution in [2.24, 2.45) is 0 Å². The average Bonchev–Trinajstić information content (AvgIpc) is 2.74. The van der Waals surface area contributed by atoms with Crippen LogP contribution in [0.5, 0.6) is 0 Å². The molecule has 31 heavy (non-hydrogen) atoms. The van der Waals surface area contributed by atoms with Gasteiger partial charge in [0.15, 0.2) is 0 Å². The highest BCUT2D eigenvalue weighted by Gasteiger charge is 2.13. The largest absolute Gasteiger partial charge is 0.478 e. The number of aromatic nitrogens is 1. The van der Waals surface area contributed by atoms with Crippen molar-refractivity contribution in [2.45, 2.75) is 39.8 Å². The zero-order valence-corrected chi connectivity index (χ0v) is 18.0. The normalized spacial score (nSPS) is 10.9. The molecule has 0 saturated carbocycles. The van der Waals surface area contributed by atoms with Gasteiger partial charge in [0.25, 0.3) is 0 Å². The van der Waals surface area contributed by atoms with Gasteiger partial charge in [-0.25, -0.2) is 4.79 Å². The maximum absolute atomic E-state index is 12.1. The number of hydrogen-bond donors (Lipinski definition) is 1. The van der Waals surface area contributed by atoms with Crippen LogP contribution in [-0.2, 0) is 22.7 Å². The van der Waals surface area contributed by atoms with Crippen LogP contribution in [0, 0.1) is 6.92 Å². The molecule has 1 aromatic heterocycles. The standard InChI is InChI=1S/C25H28N2O4/c1-18-8-7-10-21(24(18)25(29)30)17-31-15-6-5-14-27(19(2)28)16-22-13-12-20-9-3-4-11-23(20)26-22/h3-4,7-13H,5-6,14-17H2,1-2H3,(H,29,30). The summed E-state index contributed by atoms with van der Waals surface area (Å²) in [5, 5.41) is 10.5. The monoisotopic (exact) mass is 420 g/mol. The van der Waals surface area contributed by atoms with E-state index < -0.39 is 5.97 Å². The zero-order chi connectivity index (χ0) is 22.2. The molecular formula is C25H28N2O4. The summed E-state index contributed by atoms with van der Waals surface area (Å²) in [4.78, 5) is 29.9. The number of ether oxygens (including phenoxy) is 1. The summed E-state index contributed by atoms with van der Waals surface area (Å²) in [6, 6.07) is 17.3. The number of carboxylic acid groups (broad SMARTS) is 1. The number of fused-ring (bicyclic) bond motifs is 1. The molecule has 0 fully saturated rings. The van der Waals surface area contributed by atoms with Crippen molar-refractivity contribution in [3.8, 4) is 0 Å². The number of aromatic carboxylic acids is 1. The molecule has 6 heteroatoms. The Kier molecular flexibility index (Phi) is 7.73. The Labute approximate surface area is 182 Å². The van der Waals surface area contributed by atoms with Gasteiger partial charge in [-0.05, 0) is 43.0 Å². The number of pyridine rings is 1. The van der Waals surface area contributed by atoms with Crippen molar-refractivity contribution in [3.05, 3.63) is 77.0 Å². The van der Waals surface area contributed by atoms with Crippen LogP contribution in [0.15, 0.2) is 54.6 Å². The van der Waals surface area contributed by atoms with Crippen molar-refractivity contribution < 1.29 is 19.4 Å². The molecular weight excluding hydrogens is 392 g/mol. The van der Waals surface area contributed by atoms with Crippen molar-refractivity contribution >= 4 is 22.8 Å². The molecule has 0 radical (unpaired) electrons. The first-order valence-corrected chi connectivity index (χ1v) is 10.5. The van der Waals surface area contributed by atoms with Crippen molar-refractivity contribution in [1.82, 2.24) is 9.88 Å². The number of aryl methyl sites for hydroxylation is 1. The Morgan fingerprint density at radius 1 is 1.03 bits per heavy atom. The van der Waals surface area contributed by atoms with Crippen molar-refractivity contribution in [3.63, 3.8) is 0 Å². The number of unbranched alkanes of at least 4 members (excludes halogenated alkanes) is 1. The number of carbonyl (C=O) groups excluding carboxylic acids is 1. The predicted molar refractivity (Wildman–Crippen MR) is 120 cm³/mol. The lowest BCUT2D eigenvalue weighted by Gasteiger charge is -2.21. The molecule has 1 amide bonds. The van der Waals surface area contributed by atoms with Gasteiger partial charge in [0.2, 0.25) is 5.91 Å². The number of para-hydroxylation sites is 1. The number of rotatable bonds is 10. The van der Waals surface area contributed by atoms with E-state index in [2.05, 4.69) is 4.98 Å². The van der Waals surface area contributed by atoms with E-state index in [1.165, 1.54) is 0 Å². The van der Waals surface area contributed by atoms with E-state index in [1.807, 2.05) is 42.5 Å². The van der Waals surface area contributed by atoms with Crippen LogP contribution in [0.25, 0.3) is 10.9 Å². The highest BCUT2D eigenvalue weighted by atomic mass is 16.5. The molecule has 0 aliphatic heterocycles. The zero-order valence-electron chi connectivity index (χ0n) is 18.0. The van der Waals surface area contributed by atoms with Crippen LogP contribution in [0.1, 0.15) is 46.9 Å². The van der Waals surface area contributed by atoms with E-state index in [4.69, 9.17) is 4.74 Å². The fourth-order valence-electron chi connectivity index (χ4n) is 3.58. The molecule has 3 rings (SSSR count). The first-order chi connectivity index (χ1) is 15.0. The predicted octanol–water partition coefficient (Wildman–Crippen LogP) is 4.59. The molecule has 3 aromatic rings. The molecule has 0 bridgehead atoms. The lowest BCUT2D eigenvalue weighted by Crippen LogP contribution is -2.29. The summed E-state index contributed by atoms with van der Waals surface area (Å²) in [6.07, 6.45) is 1.58. The van der Waals surface area contributed by atoms with Gasteiger partial charge in [-0.3, -0.25) is 9.78 Å². The molecule has 0 spiro atoms. The summed E-state index contributed by atoms with van der Waals surface area (Å²) in [7, 11) is 0. The number of benzene rings is 2. The number of carboxylic acids is 1. The third-order valence-corrected chi connectivity index (χ3v) is 5.25. The molecule has 0 unspecified atom stereocenters. The second-order valence-electron chi connectivity index (χ2n) is 7.61. The quantitative estimate of drug-likeness (QED) is 0.486. The number of amides is 1. The summed E-state index contributed by atoms with van der Waals surface area (Å²) in [5.74, 6) is -0.919. The maximum atomic E-state index is 12.1. The molecule has 0 aliphatic rings. The summed E-state index contributed by atoms with van der Waals surface area (Å²) in [5.41, 5.74) is 3.51. The molecule has 1 heterocycles. The van der Waals surface area contributed by atoms with Crippen LogP contribution in [0.4, 0.5) is 0 Å². The highest BCUT2D eigenvalue weighted by Crippen LogP contribution is 2.16. The van der Waals surface area contributed by atoms with Crippen molar-refractivity contribution in [1.29, 1.82) is 0 Å². The van der Waals surface area contributed by atoms with Crippen LogP contribution >= 0.6 is 0 Å². The summed E-state index contributed by atoms with van der Waals surface area (Å²) in [6.45, 7) is 5.23. The van der Waals surface area contributed by atoms with Crippen LogP contribution in [-0.4, -0.2) is 40.0 Å². The van der Waals surface area contributed by atoms with E-state index in [-0.39, 0.29) is 12.5 Å². The van der Waals surface area contributed by atoms with Gasteiger partial charge in [-0.1, -0.05) is 42.5 Å². The minimum Gasteiger partial charge on any atom is -0.478 e. The molecule has 6 nitrogen and oxygen atoms in total. The van der Waals surface area contributed by atoms with Crippen LogP contribution < -0.4 is 0 Å². The molecule has 1 N–H and O–H groups in total. The van der Waals surface area contributed by atoms with Gasteiger partial charge in [0, 0.05) is 25.5 Å². The van der Waals surface area contributed by atoms with Crippen LogP contribution in [0.3, 0.4) is 0 Å². The minimum absolute atomic E-state index is 0.0155. The van der Waals surface area contributed by atoms with E-state index in [9.17, 15) is 14.7 Å². The average molecular weight is 421 g/mol. The Bertz CT molecular complexity index is 1060. The van der Waals surface area contributed by atoms with Gasteiger partial charge in [0.05, 0.1) is 29.9 Å². The molecule has 162 valence electrons. The first-order valence-electron chi connectivity index (χ1n) is 10.5. The Balaban J connectivity index is 1.46. The molecule has 0 aliphatic carbocycles. The summed E-state index contributed by atoms with van der Waals surface area (Å²) >= 11 is 0. The maximum Gasteiger partial charge on any atom is 0.336 e. The smallest absolute Gasteiger partial charge is 0.336 e. The number of nitrogens with zero attached hydrogens (tertiary/aromatic N) is 2. The molecule has 2 aromatic carbocycles. The Morgan fingerprint density at radius 2 is 1.84 bits per heavy atom. The molecule has 0 saturated heterocycles. The second-order valence-corrected chi connectivity index (χ2v) is 7.61. The van der Waals surface area contributed by atoms with Crippen LogP contribution in [0.2, 0.25) is 0 Å². The van der Waals surface area contributed by atoms with Gasteiger partial charge in [-0.2, -0.15) is 0 Å². The highest BCUT2D eigenvalue weighted by molar-refractivity contribution is 5.91. The van der Waals surface area contributed by atoms with E-state index in [0.29, 0.717) is 30.8 Å².